The maximum Gasteiger partial charge on any atom is 0.227 e. The third-order valence-corrected chi connectivity index (χ3v) is 3.09. The van der Waals surface area contributed by atoms with Crippen molar-refractivity contribution < 1.29 is 9.59 Å². The Kier molecular flexibility index (Phi) is 6.36. The lowest BCUT2D eigenvalue weighted by atomic mass is 9.85. The van der Waals surface area contributed by atoms with Crippen LogP contribution in [0.3, 0.4) is 0 Å². The number of carbonyl (C=O) groups excluding carboxylic acids is 2. The van der Waals surface area contributed by atoms with Crippen molar-refractivity contribution in [3.05, 3.63) is 0 Å². The molecule has 0 spiro atoms. The molecule has 0 aliphatic heterocycles. The number of nitrogens with one attached hydrogen (secondary N) is 1. The standard InChI is InChI=1S/C10H19N3O2.ClH/c11-7-10(4-1-2-5-10)9(15)13-6-3-8(12)14;/h1-7,11H2,(H2,12,14)(H,13,15);1H. The van der Waals surface area contributed by atoms with Gasteiger partial charge in [-0.15, -0.1) is 12.4 Å². The van der Waals surface area contributed by atoms with E-state index >= 15 is 0 Å². The maximum absolute atomic E-state index is 11.8. The van der Waals surface area contributed by atoms with Gasteiger partial charge in [-0.3, -0.25) is 9.59 Å². The van der Waals surface area contributed by atoms with Crippen molar-refractivity contribution >= 4 is 24.2 Å². The first-order chi connectivity index (χ1) is 7.10. The van der Waals surface area contributed by atoms with Gasteiger partial charge in [0.05, 0.1) is 5.41 Å². The van der Waals surface area contributed by atoms with Crippen molar-refractivity contribution in [3.63, 3.8) is 0 Å². The van der Waals surface area contributed by atoms with Gasteiger partial charge in [-0.1, -0.05) is 12.8 Å². The second-order valence-electron chi connectivity index (χ2n) is 4.16. The Morgan fingerprint density at radius 3 is 2.25 bits per heavy atom. The Labute approximate surface area is 102 Å². The van der Waals surface area contributed by atoms with Gasteiger partial charge in [0.25, 0.3) is 0 Å². The molecule has 1 rings (SSSR count). The van der Waals surface area contributed by atoms with E-state index in [1.54, 1.807) is 0 Å². The average molecular weight is 250 g/mol. The van der Waals surface area contributed by atoms with Gasteiger partial charge in [-0.25, -0.2) is 0 Å². The van der Waals surface area contributed by atoms with E-state index in [2.05, 4.69) is 5.32 Å². The fourth-order valence-electron chi connectivity index (χ4n) is 2.06. The van der Waals surface area contributed by atoms with Crippen molar-refractivity contribution in [1.29, 1.82) is 0 Å². The number of amides is 2. The molecule has 0 heterocycles. The molecule has 0 unspecified atom stereocenters. The molecule has 5 nitrogen and oxygen atoms in total. The van der Waals surface area contributed by atoms with E-state index in [1.165, 1.54) is 0 Å². The van der Waals surface area contributed by atoms with Crippen LogP contribution in [0.4, 0.5) is 0 Å². The molecule has 1 saturated carbocycles. The summed E-state index contributed by atoms with van der Waals surface area (Å²) in [5.74, 6) is -0.424. The van der Waals surface area contributed by atoms with Crippen LogP contribution in [0.5, 0.6) is 0 Å². The number of carbonyl (C=O) groups is 2. The molecule has 94 valence electrons. The molecule has 0 atom stereocenters. The van der Waals surface area contributed by atoms with Crippen molar-refractivity contribution in [2.45, 2.75) is 32.1 Å². The molecule has 1 aliphatic carbocycles. The molecule has 2 amide bonds. The Morgan fingerprint density at radius 1 is 1.25 bits per heavy atom. The summed E-state index contributed by atoms with van der Waals surface area (Å²) in [4.78, 5) is 22.3. The van der Waals surface area contributed by atoms with Crippen LogP contribution in [-0.2, 0) is 9.59 Å². The third kappa shape index (κ3) is 3.64. The highest BCUT2D eigenvalue weighted by Crippen LogP contribution is 2.37. The molecule has 0 saturated heterocycles. The molecule has 6 heteroatoms. The first-order valence-electron chi connectivity index (χ1n) is 5.37. The highest BCUT2D eigenvalue weighted by atomic mass is 35.5. The minimum absolute atomic E-state index is 0. The lowest BCUT2D eigenvalue weighted by molar-refractivity contribution is -0.130. The van der Waals surface area contributed by atoms with Crippen molar-refractivity contribution in [2.24, 2.45) is 16.9 Å². The molecule has 5 N–H and O–H groups in total. The summed E-state index contributed by atoms with van der Waals surface area (Å²) in [5, 5.41) is 2.73. The van der Waals surface area contributed by atoms with Crippen LogP contribution in [0.25, 0.3) is 0 Å². The third-order valence-electron chi connectivity index (χ3n) is 3.09. The summed E-state index contributed by atoms with van der Waals surface area (Å²) in [6.45, 7) is 0.700. The molecule has 1 fully saturated rings. The second-order valence-corrected chi connectivity index (χ2v) is 4.16. The summed E-state index contributed by atoms with van der Waals surface area (Å²) in [7, 11) is 0. The van der Waals surface area contributed by atoms with E-state index in [0.717, 1.165) is 25.7 Å². The number of primary amides is 1. The molecule has 0 radical (unpaired) electrons. The van der Waals surface area contributed by atoms with E-state index in [9.17, 15) is 9.59 Å². The van der Waals surface area contributed by atoms with E-state index in [-0.39, 0.29) is 24.7 Å². The van der Waals surface area contributed by atoms with E-state index < -0.39 is 11.3 Å². The second kappa shape index (κ2) is 6.70. The SMILES string of the molecule is Cl.NCC1(C(=O)NCCC(N)=O)CCCC1. The fraction of sp³-hybridized carbons (Fsp3) is 0.800. The van der Waals surface area contributed by atoms with E-state index in [0.29, 0.717) is 13.1 Å². The van der Waals surface area contributed by atoms with Gasteiger partial charge in [0.2, 0.25) is 11.8 Å². The highest BCUT2D eigenvalue weighted by molar-refractivity contribution is 5.85. The van der Waals surface area contributed by atoms with Gasteiger partial charge in [-0.2, -0.15) is 0 Å². The lowest BCUT2D eigenvalue weighted by Gasteiger charge is -2.25. The topological polar surface area (TPSA) is 98.2 Å². The largest absolute Gasteiger partial charge is 0.370 e. The summed E-state index contributed by atoms with van der Waals surface area (Å²) < 4.78 is 0. The van der Waals surface area contributed by atoms with Gasteiger partial charge in [0.15, 0.2) is 0 Å². The Hall–Kier alpha value is -0.810. The molecule has 0 aromatic heterocycles. The Balaban J connectivity index is 0.00000225. The van der Waals surface area contributed by atoms with Gasteiger partial charge < -0.3 is 16.8 Å². The molecule has 0 aromatic carbocycles. The molecular formula is C10H20ClN3O2. The quantitative estimate of drug-likeness (QED) is 0.636. The van der Waals surface area contributed by atoms with E-state index in [4.69, 9.17) is 11.5 Å². The predicted octanol–water partition coefficient (Wildman–Crippen LogP) is -0.0811. The monoisotopic (exact) mass is 249 g/mol. The van der Waals surface area contributed by atoms with Crippen LogP contribution in [0, 0.1) is 5.41 Å². The van der Waals surface area contributed by atoms with Gasteiger partial charge in [-0.05, 0) is 12.8 Å². The van der Waals surface area contributed by atoms with Crippen LogP contribution in [0.2, 0.25) is 0 Å². The first-order valence-corrected chi connectivity index (χ1v) is 5.37. The average Bonchev–Trinajstić information content (AvgIpc) is 2.66. The van der Waals surface area contributed by atoms with Crippen molar-refractivity contribution in [3.8, 4) is 0 Å². The van der Waals surface area contributed by atoms with Crippen LogP contribution in [0.1, 0.15) is 32.1 Å². The zero-order chi connectivity index (χ0) is 11.3. The number of rotatable bonds is 5. The fourth-order valence-corrected chi connectivity index (χ4v) is 2.06. The summed E-state index contributed by atoms with van der Waals surface area (Å²) in [5.41, 5.74) is 10.2. The van der Waals surface area contributed by atoms with Crippen LogP contribution < -0.4 is 16.8 Å². The maximum atomic E-state index is 11.8. The Morgan fingerprint density at radius 2 is 1.81 bits per heavy atom. The lowest BCUT2D eigenvalue weighted by Crippen LogP contribution is -2.44. The van der Waals surface area contributed by atoms with Gasteiger partial charge >= 0.3 is 0 Å². The number of hydrogen-bond acceptors (Lipinski definition) is 3. The van der Waals surface area contributed by atoms with Crippen LogP contribution >= 0.6 is 12.4 Å². The zero-order valence-electron chi connectivity index (χ0n) is 9.33. The number of hydrogen-bond donors (Lipinski definition) is 3. The minimum Gasteiger partial charge on any atom is -0.370 e. The van der Waals surface area contributed by atoms with E-state index in [1.807, 2.05) is 0 Å². The summed E-state index contributed by atoms with van der Waals surface area (Å²) in [6, 6.07) is 0. The summed E-state index contributed by atoms with van der Waals surface area (Å²) >= 11 is 0. The van der Waals surface area contributed by atoms with Crippen LogP contribution in [0.15, 0.2) is 0 Å². The number of halogens is 1. The van der Waals surface area contributed by atoms with Crippen molar-refractivity contribution in [2.75, 3.05) is 13.1 Å². The molecule has 1 aliphatic rings. The van der Waals surface area contributed by atoms with Crippen LogP contribution in [-0.4, -0.2) is 24.9 Å². The molecule has 0 aromatic rings. The number of nitrogens with two attached hydrogens (primary N) is 2. The molecule has 0 bridgehead atoms. The van der Waals surface area contributed by atoms with Gasteiger partial charge in [0, 0.05) is 19.5 Å². The molecule has 16 heavy (non-hydrogen) atoms. The van der Waals surface area contributed by atoms with Gasteiger partial charge in [0.1, 0.15) is 0 Å². The summed E-state index contributed by atoms with van der Waals surface area (Å²) in [6.07, 6.45) is 4.01. The van der Waals surface area contributed by atoms with Crippen molar-refractivity contribution in [1.82, 2.24) is 5.32 Å². The molecular weight excluding hydrogens is 230 g/mol. The minimum atomic E-state index is -0.400. The first kappa shape index (κ1) is 15.2. The Bertz CT molecular complexity index is 252. The smallest absolute Gasteiger partial charge is 0.227 e. The normalized spacial score (nSPS) is 17.6. The zero-order valence-corrected chi connectivity index (χ0v) is 10.1. The predicted molar refractivity (Wildman–Crippen MR) is 64.0 cm³/mol. The highest BCUT2D eigenvalue weighted by Gasteiger charge is 2.39.